The Hall–Kier alpha value is -2.28. The Morgan fingerprint density at radius 2 is 1.92 bits per heavy atom. The van der Waals surface area contributed by atoms with E-state index in [1.807, 2.05) is 0 Å². The maximum atomic E-state index is 12.6. The molecule has 2 aromatic rings. The summed E-state index contributed by atoms with van der Waals surface area (Å²) >= 11 is 12.8. The summed E-state index contributed by atoms with van der Waals surface area (Å²) in [6.07, 6.45) is 1.50. The highest BCUT2D eigenvalue weighted by Gasteiger charge is 2.35. The van der Waals surface area contributed by atoms with E-state index in [1.165, 1.54) is 18.2 Å². The maximum absolute atomic E-state index is 12.6. The van der Waals surface area contributed by atoms with E-state index in [-0.39, 0.29) is 17.0 Å². The molecule has 1 saturated heterocycles. The molecule has 0 bridgehead atoms. The number of hydrogen-bond donors (Lipinski definition) is 1. The Balaban J connectivity index is 1.84. The van der Waals surface area contributed by atoms with E-state index in [1.54, 1.807) is 30.3 Å². The molecule has 2 aromatic carbocycles. The zero-order valence-corrected chi connectivity index (χ0v) is 15.4. The molecule has 0 unspecified atom stereocenters. The van der Waals surface area contributed by atoms with Crippen molar-refractivity contribution >= 4 is 58.2 Å². The summed E-state index contributed by atoms with van der Waals surface area (Å²) in [5.74, 6) is -1.52. The zero-order chi connectivity index (χ0) is 18.8. The summed E-state index contributed by atoms with van der Waals surface area (Å²) < 4.78 is 0. The molecular formula is C18H11Cl2NO4S. The fourth-order valence-electron chi connectivity index (χ4n) is 2.37. The van der Waals surface area contributed by atoms with Gasteiger partial charge in [0.1, 0.15) is 0 Å². The van der Waals surface area contributed by atoms with E-state index in [2.05, 4.69) is 0 Å². The maximum Gasteiger partial charge on any atom is 0.335 e. The van der Waals surface area contributed by atoms with Crippen molar-refractivity contribution in [1.29, 1.82) is 0 Å². The third kappa shape index (κ3) is 3.93. The van der Waals surface area contributed by atoms with Gasteiger partial charge in [-0.15, -0.1) is 0 Å². The molecule has 0 aliphatic carbocycles. The van der Waals surface area contributed by atoms with Crippen molar-refractivity contribution in [3.8, 4) is 0 Å². The molecular weight excluding hydrogens is 397 g/mol. The van der Waals surface area contributed by atoms with E-state index >= 15 is 0 Å². The van der Waals surface area contributed by atoms with Crippen LogP contribution in [0.4, 0.5) is 4.79 Å². The largest absolute Gasteiger partial charge is 0.478 e. The summed E-state index contributed by atoms with van der Waals surface area (Å²) in [6, 6.07) is 11.0. The van der Waals surface area contributed by atoms with Crippen LogP contribution in [0, 0.1) is 0 Å². The van der Waals surface area contributed by atoms with Crippen molar-refractivity contribution in [1.82, 2.24) is 4.90 Å². The number of imide groups is 1. The van der Waals surface area contributed by atoms with Crippen LogP contribution in [-0.2, 0) is 11.3 Å². The molecule has 0 radical (unpaired) electrons. The SMILES string of the molecule is O=C(O)c1cccc(/C=C2\SC(=O)N(Cc3ccc(Cl)cc3Cl)C2=O)c1. The number of amides is 2. The first-order chi connectivity index (χ1) is 12.3. The summed E-state index contributed by atoms with van der Waals surface area (Å²) in [5.41, 5.74) is 1.23. The van der Waals surface area contributed by atoms with Gasteiger partial charge in [0.25, 0.3) is 11.1 Å². The fraction of sp³-hybridized carbons (Fsp3) is 0.0556. The van der Waals surface area contributed by atoms with Crippen molar-refractivity contribution < 1.29 is 19.5 Å². The Kier molecular flexibility index (Phi) is 5.36. The number of nitrogens with zero attached hydrogens (tertiary/aromatic N) is 1. The Morgan fingerprint density at radius 1 is 1.15 bits per heavy atom. The van der Waals surface area contributed by atoms with Crippen LogP contribution in [0.5, 0.6) is 0 Å². The van der Waals surface area contributed by atoms with Crippen molar-refractivity contribution in [2.45, 2.75) is 6.54 Å². The first-order valence-corrected chi connectivity index (χ1v) is 8.95. The summed E-state index contributed by atoms with van der Waals surface area (Å²) in [7, 11) is 0. The second-order valence-electron chi connectivity index (χ2n) is 5.43. The molecule has 3 rings (SSSR count). The van der Waals surface area contributed by atoms with Crippen LogP contribution in [0.3, 0.4) is 0 Å². The monoisotopic (exact) mass is 407 g/mol. The molecule has 1 heterocycles. The number of carboxylic acids is 1. The van der Waals surface area contributed by atoms with Gasteiger partial charge in [-0.05, 0) is 53.2 Å². The molecule has 5 nitrogen and oxygen atoms in total. The number of hydrogen-bond acceptors (Lipinski definition) is 4. The van der Waals surface area contributed by atoms with Gasteiger partial charge in [0.15, 0.2) is 0 Å². The highest BCUT2D eigenvalue weighted by molar-refractivity contribution is 8.18. The third-order valence-corrected chi connectivity index (χ3v) is 5.14. The Morgan fingerprint density at radius 3 is 2.62 bits per heavy atom. The van der Waals surface area contributed by atoms with Crippen LogP contribution in [0.2, 0.25) is 10.0 Å². The molecule has 26 heavy (non-hydrogen) atoms. The van der Waals surface area contributed by atoms with Crippen LogP contribution in [0.25, 0.3) is 6.08 Å². The molecule has 132 valence electrons. The van der Waals surface area contributed by atoms with Crippen LogP contribution in [-0.4, -0.2) is 27.1 Å². The standard InChI is InChI=1S/C18H11Cl2NO4S/c19-13-5-4-12(14(20)8-13)9-21-16(22)15(26-18(21)25)7-10-2-1-3-11(6-10)17(23)24/h1-8H,9H2,(H,23,24)/b15-7-. The first kappa shape index (κ1) is 18.5. The highest BCUT2D eigenvalue weighted by atomic mass is 35.5. The lowest BCUT2D eigenvalue weighted by atomic mass is 10.1. The minimum atomic E-state index is -1.06. The minimum Gasteiger partial charge on any atom is -0.478 e. The molecule has 8 heteroatoms. The minimum absolute atomic E-state index is 0.0349. The normalized spacial score (nSPS) is 15.8. The number of rotatable bonds is 4. The second-order valence-corrected chi connectivity index (χ2v) is 7.27. The van der Waals surface area contributed by atoms with Gasteiger partial charge in [-0.25, -0.2) is 4.79 Å². The molecule has 0 saturated carbocycles. The van der Waals surface area contributed by atoms with Crippen molar-refractivity contribution in [3.05, 3.63) is 74.1 Å². The lowest BCUT2D eigenvalue weighted by Gasteiger charge is -2.13. The van der Waals surface area contributed by atoms with Crippen molar-refractivity contribution in [3.63, 3.8) is 0 Å². The molecule has 1 fully saturated rings. The van der Waals surface area contributed by atoms with Gasteiger partial charge in [-0.3, -0.25) is 14.5 Å². The first-order valence-electron chi connectivity index (χ1n) is 7.38. The average molecular weight is 408 g/mol. The molecule has 0 spiro atoms. The van der Waals surface area contributed by atoms with Gasteiger partial charge in [-0.1, -0.05) is 41.4 Å². The average Bonchev–Trinajstić information content (AvgIpc) is 2.84. The summed E-state index contributed by atoms with van der Waals surface area (Å²) in [4.78, 5) is 37.1. The van der Waals surface area contributed by atoms with E-state index in [0.29, 0.717) is 21.2 Å². The number of carbonyl (C=O) groups is 3. The van der Waals surface area contributed by atoms with Gasteiger partial charge < -0.3 is 5.11 Å². The van der Waals surface area contributed by atoms with Crippen molar-refractivity contribution in [2.75, 3.05) is 0 Å². The molecule has 0 atom stereocenters. The van der Waals surface area contributed by atoms with Gasteiger partial charge in [0.2, 0.25) is 0 Å². The number of halogens is 2. The summed E-state index contributed by atoms with van der Waals surface area (Å²) in [5, 5.41) is 9.46. The fourth-order valence-corrected chi connectivity index (χ4v) is 3.68. The smallest absolute Gasteiger partial charge is 0.335 e. The lowest BCUT2D eigenvalue weighted by molar-refractivity contribution is -0.123. The molecule has 1 aliphatic rings. The second kappa shape index (κ2) is 7.53. The Labute approximate surface area is 163 Å². The van der Waals surface area contributed by atoms with Gasteiger partial charge in [-0.2, -0.15) is 0 Å². The quantitative estimate of drug-likeness (QED) is 0.727. The van der Waals surface area contributed by atoms with Gasteiger partial charge >= 0.3 is 5.97 Å². The van der Waals surface area contributed by atoms with Crippen molar-refractivity contribution in [2.24, 2.45) is 0 Å². The van der Waals surface area contributed by atoms with E-state index in [0.717, 1.165) is 16.7 Å². The lowest BCUT2D eigenvalue weighted by Crippen LogP contribution is -2.27. The number of carboxylic acid groups (broad SMARTS) is 1. The predicted octanol–water partition coefficient (Wildman–Crippen LogP) is 4.93. The number of aromatic carboxylic acids is 1. The van der Waals surface area contributed by atoms with Gasteiger partial charge in [0, 0.05) is 10.0 Å². The zero-order valence-electron chi connectivity index (χ0n) is 13.1. The molecule has 1 N–H and O–H groups in total. The van der Waals surface area contributed by atoms with Gasteiger partial charge in [0.05, 0.1) is 17.0 Å². The van der Waals surface area contributed by atoms with Crippen LogP contribution in [0.1, 0.15) is 21.5 Å². The summed E-state index contributed by atoms with van der Waals surface area (Å²) in [6.45, 7) is 0.0349. The number of benzene rings is 2. The van der Waals surface area contributed by atoms with E-state index in [4.69, 9.17) is 28.3 Å². The topological polar surface area (TPSA) is 74.7 Å². The Bertz CT molecular complexity index is 958. The molecule has 1 aliphatic heterocycles. The van der Waals surface area contributed by atoms with Crippen LogP contribution < -0.4 is 0 Å². The van der Waals surface area contributed by atoms with E-state index in [9.17, 15) is 14.4 Å². The third-order valence-electron chi connectivity index (χ3n) is 3.65. The molecule has 0 aromatic heterocycles. The highest BCUT2D eigenvalue weighted by Crippen LogP contribution is 2.34. The predicted molar refractivity (Wildman–Crippen MR) is 101 cm³/mol. The molecule has 2 amide bonds. The van der Waals surface area contributed by atoms with Crippen LogP contribution in [0.15, 0.2) is 47.4 Å². The van der Waals surface area contributed by atoms with Crippen LogP contribution >= 0.6 is 35.0 Å². The number of carbonyl (C=O) groups excluding carboxylic acids is 2. The number of thioether (sulfide) groups is 1. The van der Waals surface area contributed by atoms with E-state index < -0.39 is 17.1 Å².